The number of hydrazone groups is 1. The molecule has 0 atom stereocenters. The van der Waals surface area contributed by atoms with Crippen molar-refractivity contribution in [1.82, 2.24) is 4.83 Å². The van der Waals surface area contributed by atoms with Gasteiger partial charge in [-0.2, -0.15) is 13.5 Å². The smallest absolute Gasteiger partial charge is 0.276 e. The number of benzene rings is 2. The molecule has 0 bridgehead atoms. The minimum atomic E-state index is -3.74. The molecule has 0 aliphatic heterocycles. The van der Waals surface area contributed by atoms with E-state index in [0.717, 1.165) is 5.56 Å². The van der Waals surface area contributed by atoms with Crippen LogP contribution in [-0.4, -0.2) is 28.3 Å². The van der Waals surface area contributed by atoms with Crippen molar-refractivity contribution in [3.63, 3.8) is 0 Å². The van der Waals surface area contributed by atoms with Crippen LogP contribution in [0.25, 0.3) is 0 Å². The largest absolute Gasteiger partial charge is 0.492 e. The first kappa shape index (κ1) is 18.8. The average Bonchev–Trinajstić information content (AvgIpc) is 2.55. The summed E-state index contributed by atoms with van der Waals surface area (Å²) in [6, 6.07) is 10.5. The topological polar surface area (TPSA) is 77.0 Å². The van der Waals surface area contributed by atoms with Crippen LogP contribution in [0.2, 0.25) is 0 Å². The van der Waals surface area contributed by atoms with Crippen LogP contribution in [-0.2, 0) is 10.0 Å². The van der Waals surface area contributed by atoms with Crippen molar-refractivity contribution in [3.05, 3.63) is 53.1 Å². The Kier molecular flexibility index (Phi) is 6.03. The van der Waals surface area contributed by atoms with Crippen molar-refractivity contribution < 1.29 is 17.9 Å². The first-order chi connectivity index (χ1) is 11.9. The maximum atomic E-state index is 12.4. The van der Waals surface area contributed by atoms with Gasteiger partial charge in [0.25, 0.3) is 10.0 Å². The van der Waals surface area contributed by atoms with E-state index in [1.807, 2.05) is 19.9 Å². The fourth-order valence-electron chi connectivity index (χ4n) is 2.44. The second-order valence-corrected chi connectivity index (χ2v) is 7.06. The highest BCUT2D eigenvalue weighted by Crippen LogP contribution is 2.29. The van der Waals surface area contributed by atoms with Crippen LogP contribution in [0.5, 0.6) is 11.5 Å². The third-order valence-corrected chi connectivity index (χ3v) is 4.89. The monoisotopic (exact) mass is 362 g/mol. The number of hydrogen-bond donors (Lipinski definition) is 1. The van der Waals surface area contributed by atoms with E-state index in [0.29, 0.717) is 29.2 Å². The molecule has 7 heteroatoms. The van der Waals surface area contributed by atoms with E-state index in [4.69, 9.17) is 9.47 Å². The number of methoxy groups -OCH3 is 1. The van der Waals surface area contributed by atoms with Gasteiger partial charge in [-0.05, 0) is 44.5 Å². The second kappa shape index (κ2) is 8.02. The fourth-order valence-corrected chi connectivity index (χ4v) is 3.46. The van der Waals surface area contributed by atoms with E-state index < -0.39 is 10.0 Å². The Bertz CT molecular complexity index is 877. The Morgan fingerprint density at radius 3 is 2.60 bits per heavy atom. The number of rotatable bonds is 7. The summed E-state index contributed by atoms with van der Waals surface area (Å²) in [4.78, 5) is 2.43. The lowest BCUT2D eigenvalue weighted by atomic mass is 10.2. The summed E-state index contributed by atoms with van der Waals surface area (Å²) in [5.74, 6) is 1.07. The molecule has 0 heterocycles. The lowest BCUT2D eigenvalue weighted by Gasteiger charge is -2.11. The van der Waals surface area contributed by atoms with Crippen LogP contribution >= 0.6 is 0 Å². The lowest BCUT2D eigenvalue weighted by molar-refractivity contribution is 0.310. The molecule has 0 fully saturated rings. The van der Waals surface area contributed by atoms with Gasteiger partial charge >= 0.3 is 0 Å². The third kappa shape index (κ3) is 4.51. The average molecular weight is 362 g/mol. The molecule has 0 radical (unpaired) electrons. The Hall–Kier alpha value is -2.54. The van der Waals surface area contributed by atoms with Crippen molar-refractivity contribution >= 4 is 16.2 Å². The summed E-state index contributed by atoms with van der Waals surface area (Å²) in [5.41, 5.74) is 2.27. The number of nitrogens with zero attached hydrogens (tertiary/aromatic N) is 1. The molecular weight excluding hydrogens is 340 g/mol. The molecule has 6 nitrogen and oxygen atoms in total. The molecule has 0 saturated carbocycles. The Balaban J connectivity index is 2.24. The Labute approximate surface area is 148 Å². The van der Waals surface area contributed by atoms with Gasteiger partial charge in [0.2, 0.25) is 0 Å². The number of hydrogen-bond acceptors (Lipinski definition) is 5. The molecule has 0 spiro atoms. The van der Waals surface area contributed by atoms with E-state index in [2.05, 4.69) is 9.93 Å². The molecule has 0 aliphatic rings. The summed E-state index contributed by atoms with van der Waals surface area (Å²) < 4.78 is 35.6. The maximum Gasteiger partial charge on any atom is 0.276 e. The third-order valence-electron chi connectivity index (χ3n) is 3.51. The summed E-state index contributed by atoms with van der Waals surface area (Å²) >= 11 is 0. The Morgan fingerprint density at radius 1 is 1.20 bits per heavy atom. The minimum absolute atomic E-state index is 0.199. The van der Waals surface area contributed by atoms with Gasteiger partial charge < -0.3 is 9.47 Å². The van der Waals surface area contributed by atoms with Gasteiger partial charge in [-0.1, -0.05) is 23.8 Å². The van der Waals surface area contributed by atoms with E-state index in [-0.39, 0.29) is 4.90 Å². The predicted octanol–water partition coefficient (Wildman–Crippen LogP) is 3.02. The van der Waals surface area contributed by atoms with Gasteiger partial charge in [0.15, 0.2) is 11.5 Å². The molecule has 2 aromatic rings. The van der Waals surface area contributed by atoms with Crippen molar-refractivity contribution in [2.24, 2.45) is 5.10 Å². The van der Waals surface area contributed by atoms with Crippen LogP contribution in [0.1, 0.15) is 23.6 Å². The SMILES string of the molecule is CCOc1cccc(/C=N/NS(=O)(=O)c2ccc(C)cc2C)c1OC. The van der Waals surface area contributed by atoms with Crippen LogP contribution < -0.4 is 14.3 Å². The van der Waals surface area contributed by atoms with Gasteiger partial charge in [-0.3, -0.25) is 0 Å². The molecule has 0 unspecified atom stereocenters. The number of para-hydroxylation sites is 1. The minimum Gasteiger partial charge on any atom is -0.492 e. The van der Waals surface area contributed by atoms with E-state index in [9.17, 15) is 8.42 Å². The van der Waals surface area contributed by atoms with Crippen LogP contribution in [0.4, 0.5) is 0 Å². The quantitative estimate of drug-likeness (QED) is 0.607. The molecule has 1 N–H and O–H groups in total. The highest BCUT2D eigenvalue weighted by atomic mass is 32.2. The maximum absolute atomic E-state index is 12.4. The van der Waals surface area contributed by atoms with Gasteiger partial charge in [0.1, 0.15) is 0 Å². The van der Waals surface area contributed by atoms with Gasteiger partial charge in [-0.15, -0.1) is 0 Å². The predicted molar refractivity (Wildman–Crippen MR) is 98.0 cm³/mol. The van der Waals surface area contributed by atoms with Crippen molar-refractivity contribution in [2.75, 3.05) is 13.7 Å². The molecule has 0 aromatic heterocycles. The summed E-state index contributed by atoms with van der Waals surface area (Å²) in [6.45, 7) is 6.03. The van der Waals surface area contributed by atoms with Crippen LogP contribution in [0.3, 0.4) is 0 Å². The number of nitrogens with one attached hydrogen (secondary N) is 1. The molecular formula is C18H22N2O4S. The molecule has 25 heavy (non-hydrogen) atoms. The zero-order valence-corrected chi connectivity index (χ0v) is 15.6. The van der Waals surface area contributed by atoms with E-state index in [1.165, 1.54) is 13.3 Å². The molecule has 2 aromatic carbocycles. The second-order valence-electron chi connectivity index (χ2n) is 5.43. The Morgan fingerprint density at radius 2 is 1.96 bits per heavy atom. The normalized spacial score (nSPS) is 11.5. The van der Waals surface area contributed by atoms with Gasteiger partial charge in [-0.25, -0.2) is 4.83 Å². The van der Waals surface area contributed by atoms with E-state index >= 15 is 0 Å². The van der Waals surface area contributed by atoms with Gasteiger partial charge in [0.05, 0.1) is 24.8 Å². The van der Waals surface area contributed by atoms with Crippen molar-refractivity contribution in [1.29, 1.82) is 0 Å². The summed E-state index contributed by atoms with van der Waals surface area (Å²) in [5, 5.41) is 3.86. The number of ether oxygens (including phenoxy) is 2. The van der Waals surface area contributed by atoms with Crippen LogP contribution in [0.15, 0.2) is 46.4 Å². The number of sulfonamides is 1. The molecule has 134 valence electrons. The summed E-state index contributed by atoms with van der Waals surface area (Å²) in [7, 11) is -2.21. The zero-order valence-electron chi connectivity index (χ0n) is 14.7. The van der Waals surface area contributed by atoms with Crippen molar-refractivity contribution in [3.8, 4) is 11.5 Å². The molecule has 0 aliphatic carbocycles. The van der Waals surface area contributed by atoms with E-state index in [1.54, 1.807) is 37.3 Å². The highest BCUT2D eigenvalue weighted by molar-refractivity contribution is 7.89. The lowest BCUT2D eigenvalue weighted by Crippen LogP contribution is -2.19. The van der Waals surface area contributed by atoms with Crippen molar-refractivity contribution in [2.45, 2.75) is 25.7 Å². The molecule has 0 amide bonds. The highest BCUT2D eigenvalue weighted by Gasteiger charge is 2.16. The first-order valence-corrected chi connectivity index (χ1v) is 9.29. The molecule has 0 saturated heterocycles. The summed E-state index contributed by atoms with van der Waals surface area (Å²) in [6.07, 6.45) is 1.39. The number of aryl methyl sites for hydroxylation is 2. The standard InChI is InChI=1S/C18H22N2O4S/c1-5-24-16-8-6-7-15(18(16)23-4)12-19-20-25(21,22)17-10-9-13(2)11-14(17)3/h6-12,20H,5H2,1-4H3/b19-12+. The fraction of sp³-hybridized carbons (Fsp3) is 0.278. The zero-order chi connectivity index (χ0) is 18.4. The van der Waals surface area contributed by atoms with Crippen LogP contribution in [0, 0.1) is 13.8 Å². The molecule has 2 rings (SSSR count). The first-order valence-electron chi connectivity index (χ1n) is 7.81. The van der Waals surface area contributed by atoms with Gasteiger partial charge in [0, 0.05) is 5.56 Å².